The number of amidine groups is 1. The number of nitrogens with one attached hydrogen (secondary N) is 3. The highest BCUT2D eigenvalue weighted by Crippen LogP contribution is 2.39. The molecule has 0 atom stereocenters. The van der Waals surface area contributed by atoms with E-state index in [9.17, 15) is 13.2 Å². The third-order valence-electron chi connectivity index (χ3n) is 8.51. The summed E-state index contributed by atoms with van der Waals surface area (Å²) in [7, 11) is -2.20. The van der Waals surface area contributed by atoms with Gasteiger partial charge in [-0.1, -0.05) is 33.4 Å². The van der Waals surface area contributed by atoms with Crippen molar-refractivity contribution in [1.82, 2.24) is 9.88 Å². The fourth-order valence-electron chi connectivity index (χ4n) is 5.73. The molecule has 2 heterocycles. The molecule has 0 radical (unpaired) electrons. The van der Waals surface area contributed by atoms with Gasteiger partial charge in [0.25, 0.3) is 5.91 Å². The van der Waals surface area contributed by atoms with E-state index in [0.29, 0.717) is 40.3 Å². The predicted octanol–water partition coefficient (Wildman–Crippen LogP) is 6.50. The van der Waals surface area contributed by atoms with Gasteiger partial charge in [-0.15, -0.1) is 0 Å². The van der Waals surface area contributed by atoms with Crippen LogP contribution < -0.4 is 25.8 Å². The summed E-state index contributed by atoms with van der Waals surface area (Å²) in [6.07, 6.45) is 4.67. The Morgan fingerprint density at radius 3 is 2.35 bits per heavy atom. The van der Waals surface area contributed by atoms with Crippen molar-refractivity contribution in [1.29, 1.82) is 0 Å². The lowest BCUT2D eigenvalue weighted by molar-refractivity contribution is 0.102. The molecular formula is C36H49N7O4S. The number of hydrogen-bond acceptors (Lipinski definition) is 8. The lowest BCUT2D eigenvalue weighted by atomic mass is 9.86. The number of pyridine rings is 1. The van der Waals surface area contributed by atoms with Crippen LogP contribution >= 0.6 is 0 Å². The molecule has 48 heavy (non-hydrogen) atoms. The van der Waals surface area contributed by atoms with Crippen molar-refractivity contribution in [2.24, 2.45) is 10.7 Å². The monoisotopic (exact) mass is 675 g/mol. The average Bonchev–Trinajstić information content (AvgIpc) is 3.01. The van der Waals surface area contributed by atoms with E-state index in [1.165, 1.54) is 7.11 Å². The first kappa shape index (κ1) is 36.4. The lowest BCUT2D eigenvalue weighted by Gasteiger charge is -2.34. The summed E-state index contributed by atoms with van der Waals surface area (Å²) in [4.78, 5) is 25.9. The first-order valence-corrected chi connectivity index (χ1v) is 18.0. The van der Waals surface area contributed by atoms with Crippen molar-refractivity contribution in [3.8, 4) is 5.75 Å². The highest BCUT2D eigenvalue weighted by Gasteiger charge is 2.25. The third-order valence-corrected chi connectivity index (χ3v) is 9.10. The number of carbonyl (C=O) groups excluding carboxylic acids is 1. The van der Waals surface area contributed by atoms with Gasteiger partial charge in [-0.25, -0.2) is 18.4 Å². The van der Waals surface area contributed by atoms with Crippen LogP contribution in [0.3, 0.4) is 0 Å². The molecule has 1 fully saturated rings. The van der Waals surface area contributed by atoms with E-state index in [0.717, 1.165) is 49.0 Å². The maximum atomic E-state index is 13.7. The van der Waals surface area contributed by atoms with Crippen LogP contribution in [0.4, 0.5) is 22.7 Å². The second kappa shape index (κ2) is 14.8. The maximum absolute atomic E-state index is 13.7. The molecular weight excluding hydrogens is 627 g/mol. The van der Waals surface area contributed by atoms with Crippen LogP contribution in [0, 0.1) is 6.92 Å². The lowest BCUT2D eigenvalue weighted by Crippen LogP contribution is -2.38. The first-order valence-electron chi connectivity index (χ1n) is 16.1. The van der Waals surface area contributed by atoms with E-state index in [1.807, 2.05) is 39.8 Å². The Hall–Kier alpha value is -4.42. The standard InChI is InChI=1S/C36H49N7O4S/c1-10-38-28-14-13-27(24-15-17-43(18-16-24)22(2)3)39-32(28)34(37)40-29-19-25(12-11-23(29)4)35(44)41-30-20-26(36(5,6)7)21-31(33(30)47-8)42-48(9,45)46/h10-14,19-22,24,38,42H,1,15-18H2,2-9H3,(H2,37,40)(H,41,44). The number of aliphatic imine (C=N–C) groups is 1. The normalized spacial score (nSPS) is 14.9. The summed E-state index contributed by atoms with van der Waals surface area (Å²) in [5.74, 6) is 0.290. The van der Waals surface area contributed by atoms with Crippen molar-refractivity contribution in [2.45, 2.75) is 71.8 Å². The van der Waals surface area contributed by atoms with Gasteiger partial charge >= 0.3 is 0 Å². The molecule has 0 spiro atoms. The Bertz CT molecular complexity index is 1810. The van der Waals surface area contributed by atoms with E-state index in [-0.39, 0.29) is 22.7 Å². The van der Waals surface area contributed by atoms with Gasteiger partial charge in [0.1, 0.15) is 5.69 Å². The van der Waals surface area contributed by atoms with Gasteiger partial charge in [0, 0.05) is 23.2 Å². The molecule has 0 saturated carbocycles. The Morgan fingerprint density at radius 2 is 1.77 bits per heavy atom. The molecule has 1 saturated heterocycles. The Labute approximate surface area is 285 Å². The van der Waals surface area contributed by atoms with Gasteiger partial charge in [0.15, 0.2) is 11.6 Å². The van der Waals surface area contributed by atoms with Crippen LogP contribution in [0.2, 0.25) is 0 Å². The van der Waals surface area contributed by atoms with Crippen LogP contribution in [0.1, 0.15) is 86.3 Å². The molecule has 5 N–H and O–H groups in total. The van der Waals surface area contributed by atoms with Crippen LogP contribution in [0.5, 0.6) is 5.75 Å². The van der Waals surface area contributed by atoms with Gasteiger partial charge in [-0.3, -0.25) is 9.52 Å². The number of anilines is 3. The fourth-order valence-corrected chi connectivity index (χ4v) is 6.28. The highest BCUT2D eigenvalue weighted by atomic mass is 32.2. The minimum absolute atomic E-state index is 0.194. The molecule has 3 aromatic rings. The first-order chi connectivity index (χ1) is 22.5. The van der Waals surface area contributed by atoms with Crippen LogP contribution in [0.15, 0.2) is 60.2 Å². The number of sulfonamides is 1. The summed E-state index contributed by atoms with van der Waals surface area (Å²) in [6, 6.07) is 13.2. The zero-order valence-electron chi connectivity index (χ0n) is 29.3. The molecule has 258 valence electrons. The number of carbonyl (C=O) groups is 1. The predicted molar refractivity (Wildman–Crippen MR) is 196 cm³/mol. The van der Waals surface area contributed by atoms with E-state index < -0.39 is 15.9 Å². The number of nitrogens with two attached hydrogens (primary N) is 1. The van der Waals surface area contributed by atoms with Gasteiger partial charge in [-0.2, -0.15) is 0 Å². The zero-order valence-corrected chi connectivity index (χ0v) is 30.1. The average molecular weight is 676 g/mol. The minimum Gasteiger partial charge on any atom is -0.492 e. The molecule has 1 aromatic heterocycles. The maximum Gasteiger partial charge on any atom is 0.255 e. The van der Waals surface area contributed by atoms with Gasteiger partial charge in [0.2, 0.25) is 10.0 Å². The van der Waals surface area contributed by atoms with E-state index >= 15 is 0 Å². The summed E-state index contributed by atoms with van der Waals surface area (Å²) in [5, 5.41) is 6.04. The SMILES string of the molecule is C=CNc1ccc(C2CCN(C(C)C)CC2)nc1C(N)=Nc1cc(C(=O)Nc2cc(C(C)(C)C)cc(NS(C)(=O)=O)c2OC)ccc1C. The number of methoxy groups -OCH3 is 1. The molecule has 1 aliphatic rings. The van der Waals surface area contributed by atoms with Gasteiger partial charge in [-0.05, 0) is 106 Å². The van der Waals surface area contributed by atoms with E-state index in [4.69, 9.17) is 20.4 Å². The number of likely N-dealkylation sites (tertiary alicyclic amines) is 1. The van der Waals surface area contributed by atoms with Crippen LogP contribution in [-0.4, -0.2) is 62.5 Å². The third kappa shape index (κ3) is 8.93. The smallest absolute Gasteiger partial charge is 0.255 e. The van der Waals surface area contributed by atoms with Crippen molar-refractivity contribution in [2.75, 3.05) is 41.8 Å². The van der Waals surface area contributed by atoms with Crippen molar-refractivity contribution in [3.05, 3.63) is 83.3 Å². The number of hydrogen-bond donors (Lipinski definition) is 4. The second-order valence-electron chi connectivity index (χ2n) is 13.6. The molecule has 0 bridgehead atoms. The second-order valence-corrected chi connectivity index (χ2v) is 15.3. The van der Waals surface area contributed by atoms with Crippen molar-refractivity contribution in [3.63, 3.8) is 0 Å². The number of nitrogens with zero attached hydrogens (tertiary/aromatic N) is 3. The summed E-state index contributed by atoms with van der Waals surface area (Å²) in [6.45, 7) is 18.2. The number of benzene rings is 2. The molecule has 0 aliphatic carbocycles. The Kier molecular flexibility index (Phi) is 11.2. The van der Waals surface area contributed by atoms with E-state index in [1.54, 1.807) is 36.5 Å². The number of rotatable bonds is 11. The number of aromatic nitrogens is 1. The molecule has 0 unspecified atom stereocenters. The number of aryl methyl sites for hydroxylation is 1. The molecule has 2 aromatic carbocycles. The largest absolute Gasteiger partial charge is 0.492 e. The molecule has 11 nitrogen and oxygen atoms in total. The van der Waals surface area contributed by atoms with Crippen LogP contribution in [0.25, 0.3) is 0 Å². The Morgan fingerprint density at radius 1 is 1.10 bits per heavy atom. The van der Waals surface area contributed by atoms with E-state index in [2.05, 4.69) is 40.7 Å². The minimum atomic E-state index is -3.62. The summed E-state index contributed by atoms with van der Waals surface area (Å²) < 4.78 is 32.4. The van der Waals surface area contributed by atoms with Gasteiger partial charge in [0.05, 0.1) is 36.1 Å². The van der Waals surface area contributed by atoms with Crippen LogP contribution in [-0.2, 0) is 15.4 Å². The number of ether oxygens (including phenoxy) is 1. The zero-order chi connectivity index (χ0) is 35.4. The quantitative estimate of drug-likeness (QED) is 0.133. The number of amides is 1. The molecule has 1 aliphatic heterocycles. The summed E-state index contributed by atoms with van der Waals surface area (Å²) >= 11 is 0. The highest BCUT2D eigenvalue weighted by molar-refractivity contribution is 7.92. The molecule has 12 heteroatoms. The summed E-state index contributed by atoms with van der Waals surface area (Å²) in [5.41, 5.74) is 11.5. The Balaban J connectivity index is 1.68. The van der Waals surface area contributed by atoms with Gasteiger partial charge < -0.3 is 26.0 Å². The molecule has 4 rings (SSSR count). The van der Waals surface area contributed by atoms with Crippen molar-refractivity contribution >= 4 is 44.5 Å². The molecule has 1 amide bonds. The fraction of sp³-hybridized carbons (Fsp3) is 0.417. The number of piperidine rings is 1. The van der Waals surface area contributed by atoms with Crippen molar-refractivity contribution < 1.29 is 17.9 Å². The topological polar surface area (TPSA) is 151 Å².